The van der Waals surface area contributed by atoms with Gasteiger partial charge in [0.1, 0.15) is 42.3 Å². The molecule has 312 valence electrons. The van der Waals surface area contributed by atoms with E-state index in [9.17, 15) is 9.59 Å². The van der Waals surface area contributed by atoms with Gasteiger partial charge in [-0.2, -0.15) is 9.97 Å². The van der Waals surface area contributed by atoms with Crippen LogP contribution in [0.5, 0.6) is 23.0 Å². The molecule has 2 heterocycles. The van der Waals surface area contributed by atoms with Crippen LogP contribution in [-0.2, 0) is 32.3 Å². The fourth-order valence-electron chi connectivity index (χ4n) is 5.89. The third-order valence-electron chi connectivity index (χ3n) is 9.03. The summed E-state index contributed by atoms with van der Waals surface area (Å²) in [5.74, 6) is 2.44. The predicted octanol–water partition coefficient (Wildman–Crippen LogP) is 10.9. The Balaban J connectivity index is 0.00000578. The Morgan fingerprint density at radius 3 is 1.42 bits per heavy atom. The monoisotopic (exact) mass is 889 g/mol. The van der Waals surface area contributed by atoms with Crippen molar-refractivity contribution in [1.82, 2.24) is 20.3 Å². The van der Waals surface area contributed by atoms with E-state index in [4.69, 9.17) is 56.9 Å². The molecular weight excluding hydrogens is 857 g/mol. The summed E-state index contributed by atoms with van der Waals surface area (Å²) in [6.07, 6.45) is -0.404. The lowest BCUT2D eigenvalue weighted by Crippen LogP contribution is -2.35. The van der Waals surface area contributed by atoms with E-state index in [0.717, 1.165) is 11.5 Å². The molecule has 6 aromatic carbocycles. The summed E-state index contributed by atoms with van der Waals surface area (Å²) in [5, 5.41) is 8.79. The molecule has 0 radical (unpaired) electrons. The van der Waals surface area contributed by atoms with E-state index in [-0.39, 0.29) is 37.3 Å². The summed E-state index contributed by atoms with van der Waals surface area (Å²) in [5.41, 5.74) is 9.59. The maximum absolute atomic E-state index is 12.7. The third-order valence-corrected chi connectivity index (χ3v) is 9.66. The molecule has 0 aliphatic carbocycles. The fraction of sp³-hybridized carbons (Fsp3) is 0.0870. The van der Waals surface area contributed by atoms with Crippen molar-refractivity contribution in [3.8, 4) is 68.7 Å². The molecule has 16 heteroatoms. The van der Waals surface area contributed by atoms with Crippen LogP contribution >= 0.6 is 35.6 Å². The number of carbonyl (C=O) groups is 2. The molecule has 0 unspecified atom stereocenters. The lowest BCUT2D eigenvalue weighted by Gasteiger charge is -2.12. The molecule has 0 bridgehead atoms. The first kappa shape index (κ1) is 43.1. The Bertz CT molecular complexity index is 2770. The van der Waals surface area contributed by atoms with E-state index in [2.05, 4.69) is 20.3 Å². The van der Waals surface area contributed by atoms with Crippen LogP contribution in [0.15, 0.2) is 155 Å². The third kappa shape index (κ3) is 10.8. The summed E-state index contributed by atoms with van der Waals surface area (Å²) in [4.78, 5) is 34.2. The number of halogens is 3. The van der Waals surface area contributed by atoms with Gasteiger partial charge in [-0.25, -0.2) is 0 Å². The van der Waals surface area contributed by atoms with E-state index < -0.39 is 24.4 Å². The van der Waals surface area contributed by atoms with Crippen molar-refractivity contribution in [3.05, 3.63) is 167 Å². The summed E-state index contributed by atoms with van der Waals surface area (Å²) >= 11 is 13.1. The average molecular weight is 891 g/mol. The zero-order valence-electron chi connectivity index (χ0n) is 32.4. The second kappa shape index (κ2) is 20.0. The maximum Gasteiger partial charge on any atom is 0.323 e. The summed E-state index contributed by atoms with van der Waals surface area (Å²) in [7, 11) is 0. The molecule has 2 aromatic heterocycles. The molecular formula is C46H34Cl3N5O8. The Hall–Kier alpha value is -7.03. The number of aromatic nitrogens is 4. The van der Waals surface area contributed by atoms with Crippen LogP contribution in [0.2, 0.25) is 10.0 Å². The van der Waals surface area contributed by atoms with Crippen LogP contribution in [0.1, 0.15) is 17.5 Å². The highest BCUT2D eigenvalue weighted by Crippen LogP contribution is 2.32. The molecule has 0 saturated carbocycles. The number of hydrogen-bond donors (Lipinski definition) is 1. The highest BCUT2D eigenvalue weighted by Gasteiger charge is 2.22. The normalized spacial score (nSPS) is 11.3. The number of nitrogens with zero attached hydrogens (tertiary/aromatic N) is 4. The van der Waals surface area contributed by atoms with Gasteiger partial charge in [-0.3, -0.25) is 9.59 Å². The largest absolute Gasteiger partial charge is 0.461 e. The predicted molar refractivity (Wildman–Crippen MR) is 233 cm³/mol. The van der Waals surface area contributed by atoms with Crippen LogP contribution in [0.4, 0.5) is 0 Å². The van der Waals surface area contributed by atoms with Crippen molar-refractivity contribution in [2.45, 2.75) is 25.7 Å². The lowest BCUT2D eigenvalue weighted by molar-refractivity contribution is -0.153. The van der Waals surface area contributed by atoms with Gasteiger partial charge >= 0.3 is 11.9 Å². The van der Waals surface area contributed by atoms with Crippen molar-refractivity contribution in [1.29, 1.82) is 0 Å². The van der Waals surface area contributed by atoms with E-state index in [1.54, 1.807) is 48.5 Å². The highest BCUT2D eigenvalue weighted by molar-refractivity contribution is 6.33. The van der Waals surface area contributed by atoms with E-state index in [0.29, 0.717) is 66.7 Å². The minimum Gasteiger partial charge on any atom is -0.461 e. The van der Waals surface area contributed by atoms with Crippen LogP contribution in [-0.4, -0.2) is 38.3 Å². The molecule has 0 aliphatic heterocycles. The highest BCUT2D eigenvalue weighted by atomic mass is 35.5. The summed E-state index contributed by atoms with van der Waals surface area (Å²) < 4.78 is 33.4. The van der Waals surface area contributed by atoms with Gasteiger partial charge in [-0.05, 0) is 108 Å². The van der Waals surface area contributed by atoms with Crippen LogP contribution in [0.25, 0.3) is 45.7 Å². The second-order valence-electron chi connectivity index (χ2n) is 13.4. The molecule has 0 fully saturated rings. The Kier molecular flexibility index (Phi) is 13.9. The number of nitrogens with two attached hydrogens (primary N) is 1. The van der Waals surface area contributed by atoms with Crippen molar-refractivity contribution in [2.24, 2.45) is 5.73 Å². The zero-order valence-corrected chi connectivity index (χ0v) is 34.7. The van der Waals surface area contributed by atoms with Gasteiger partial charge in [0.05, 0.1) is 16.5 Å². The molecule has 13 nitrogen and oxygen atoms in total. The zero-order chi connectivity index (χ0) is 42.1. The van der Waals surface area contributed by atoms with Crippen molar-refractivity contribution >= 4 is 47.5 Å². The van der Waals surface area contributed by atoms with Gasteiger partial charge in [0.2, 0.25) is 11.6 Å². The van der Waals surface area contributed by atoms with E-state index in [1.165, 1.54) is 0 Å². The van der Waals surface area contributed by atoms with Gasteiger partial charge in [-0.1, -0.05) is 82.0 Å². The number of ether oxygens (including phenoxy) is 4. The van der Waals surface area contributed by atoms with Gasteiger partial charge in [-0.15, -0.1) is 12.4 Å². The standard InChI is InChI=1S/C46H33Cl2N5O8.ClH/c47-38-23-28(11-21-36(38)42-50-44(60-52-42)30-13-17-34(18-14-30)58-32-7-3-1-4-8-32)26-56-41(54)25-40(49)46(55)57-27-29-12-22-37(39(48)24-29)43-51-45(61-53-43)31-15-19-35(20-16-31)59-33-9-5-2-6-10-33;/h1-24,40H,25-27,49H2;1H/t40-;/m0./s1. The second-order valence-corrected chi connectivity index (χ2v) is 14.2. The van der Waals surface area contributed by atoms with E-state index >= 15 is 0 Å². The minimum atomic E-state index is -1.26. The molecule has 0 amide bonds. The topological polar surface area (TPSA) is 175 Å². The van der Waals surface area contributed by atoms with Gasteiger partial charge in [0.15, 0.2) is 0 Å². The summed E-state index contributed by atoms with van der Waals surface area (Å²) in [6, 6.07) is 42.2. The minimum absolute atomic E-state index is 0. The fourth-order valence-corrected chi connectivity index (χ4v) is 6.46. The van der Waals surface area contributed by atoms with Crippen LogP contribution in [0, 0.1) is 0 Å². The molecule has 0 saturated heterocycles. The van der Waals surface area contributed by atoms with Crippen molar-refractivity contribution in [2.75, 3.05) is 0 Å². The Morgan fingerprint density at radius 1 is 0.565 bits per heavy atom. The number of rotatable bonds is 15. The number of carbonyl (C=O) groups excluding carboxylic acids is 2. The first-order valence-electron chi connectivity index (χ1n) is 18.7. The molecule has 8 rings (SSSR count). The van der Waals surface area contributed by atoms with Crippen LogP contribution in [0.3, 0.4) is 0 Å². The average Bonchev–Trinajstić information content (AvgIpc) is 3.98. The maximum atomic E-state index is 12.7. The molecule has 8 aromatic rings. The van der Waals surface area contributed by atoms with Gasteiger partial charge in [0.25, 0.3) is 11.8 Å². The smallest absolute Gasteiger partial charge is 0.323 e. The Labute approximate surface area is 370 Å². The quantitative estimate of drug-likeness (QED) is 0.0964. The molecule has 0 spiro atoms. The number of esters is 2. The number of hydrogen-bond acceptors (Lipinski definition) is 13. The molecule has 62 heavy (non-hydrogen) atoms. The van der Waals surface area contributed by atoms with Crippen molar-refractivity contribution < 1.29 is 37.6 Å². The number of para-hydroxylation sites is 2. The SMILES string of the molecule is Cl.N[C@@H](CC(=O)OCc1ccc(-c2noc(-c3ccc(Oc4ccccc4)cc3)n2)c(Cl)c1)C(=O)OCc1ccc(-c2noc(-c3ccc(Oc4ccccc4)cc3)n2)c(Cl)c1. The Morgan fingerprint density at radius 2 is 0.984 bits per heavy atom. The first-order valence-corrected chi connectivity index (χ1v) is 19.5. The first-order chi connectivity index (χ1) is 29.7. The molecule has 0 aliphatic rings. The summed E-state index contributed by atoms with van der Waals surface area (Å²) in [6.45, 7) is -0.253. The molecule has 2 N–H and O–H groups in total. The van der Waals surface area contributed by atoms with Gasteiger partial charge < -0.3 is 33.7 Å². The van der Waals surface area contributed by atoms with Crippen LogP contribution < -0.4 is 15.2 Å². The lowest BCUT2D eigenvalue weighted by atomic mass is 10.1. The van der Waals surface area contributed by atoms with Crippen molar-refractivity contribution in [3.63, 3.8) is 0 Å². The number of benzene rings is 6. The van der Waals surface area contributed by atoms with Gasteiger partial charge in [0, 0.05) is 22.3 Å². The van der Waals surface area contributed by atoms with E-state index in [1.807, 2.05) is 97.1 Å². The molecule has 1 atom stereocenters.